The van der Waals surface area contributed by atoms with Crippen molar-refractivity contribution < 1.29 is 9.84 Å². The zero-order valence-electron chi connectivity index (χ0n) is 14.7. The van der Waals surface area contributed by atoms with Crippen molar-refractivity contribution in [1.82, 2.24) is 0 Å². The van der Waals surface area contributed by atoms with Gasteiger partial charge in [-0.2, -0.15) is 0 Å². The Kier molecular flexibility index (Phi) is 5.68. The van der Waals surface area contributed by atoms with Crippen molar-refractivity contribution in [2.24, 2.45) is 5.92 Å². The van der Waals surface area contributed by atoms with Gasteiger partial charge in [0.05, 0.1) is 12.2 Å². The minimum Gasteiger partial charge on any atom is -0.390 e. The third-order valence-corrected chi connectivity index (χ3v) is 5.43. The number of aliphatic hydroxyl groups is 1. The first-order chi connectivity index (χ1) is 10.3. The number of rotatable bonds is 1. The monoisotopic (exact) mass is 304 g/mol. The standard InChI is InChI=1S/C20H32O2/c1-14(2)17-11-9-15(3)7-6-8-16(4)10-12-19-20(5,22-19)18(21)13-17/h8-9,17-19,21H,1,6-7,10-13H2,2-5H3/b15-9+,16-8+. The van der Waals surface area contributed by atoms with E-state index in [4.69, 9.17) is 4.74 Å². The summed E-state index contributed by atoms with van der Waals surface area (Å²) in [5.41, 5.74) is 3.69. The lowest BCUT2D eigenvalue weighted by atomic mass is 9.85. The van der Waals surface area contributed by atoms with Crippen LogP contribution in [0.25, 0.3) is 0 Å². The molecule has 1 heterocycles. The van der Waals surface area contributed by atoms with Crippen LogP contribution in [0.1, 0.15) is 66.2 Å². The highest BCUT2D eigenvalue weighted by Crippen LogP contribution is 2.45. The number of ether oxygens (including phenoxy) is 1. The molecule has 22 heavy (non-hydrogen) atoms. The van der Waals surface area contributed by atoms with Crippen LogP contribution in [-0.4, -0.2) is 22.9 Å². The Hall–Kier alpha value is -0.860. The second kappa shape index (κ2) is 7.14. The molecule has 1 N–H and O–H groups in total. The molecule has 1 aliphatic carbocycles. The molecule has 0 bridgehead atoms. The van der Waals surface area contributed by atoms with E-state index in [1.165, 1.54) is 11.1 Å². The Bertz CT molecular complexity index is 474. The van der Waals surface area contributed by atoms with Crippen molar-refractivity contribution in [3.63, 3.8) is 0 Å². The van der Waals surface area contributed by atoms with Gasteiger partial charge in [-0.1, -0.05) is 35.5 Å². The summed E-state index contributed by atoms with van der Waals surface area (Å²) in [5.74, 6) is 0.340. The lowest BCUT2D eigenvalue weighted by Gasteiger charge is -2.23. The van der Waals surface area contributed by atoms with Gasteiger partial charge in [0.15, 0.2) is 0 Å². The molecule has 0 aromatic heterocycles. The summed E-state index contributed by atoms with van der Waals surface area (Å²) in [6.07, 6.45) is 10.5. The minimum atomic E-state index is -0.403. The number of allylic oxidation sites excluding steroid dienone is 5. The Morgan fingerprint density at radius 2 is 1.95 bits per heavy atom. The van der Waals surface area contributed by atoms with Gasteiger partial charge >= 0.3 is 0 Å². The first-order valence-electron chi connectivity index (χ1n) is 8.65. The van der Waals surface area contributed by atoms with E-state index in [0.717, 1.165) is 44.1 Å². The molecule has 2 rings (SSSR count). The number of fused-ring (bicyclic) bond motifs is 1. The molecule has 0 saturated carbocycles. The predicted octanol–water partition coefficient (Wildman–Crippen LogP) is 4.94. The minimum absolute atomic E-state index is 0.205. The number of hydrogen-bond donors (Lipinski definition) is 1. The number of aliphatic hydroxyl groups excluding tert-OH is 1. The smallest absolute Gasteiger partial charge is 0.118 e. The van der Waals surface area contributed by atoms with Gasteiger partial charge in [0.2, 0.25) is 0 Å². The van der Waals surface area contributed by atoms with E-state index in [9.17, 15) is 5.11 Å². The fourth-order valence-corrected chi connectivity index (χ4v) is 3.37. The van der Waals surface area contributed by atoms with E-state index in [1.807, 2.05) is 0 Å². The maximum atomic E-state index is 10.6. The zero-order chi connectivity index (χ0) is 16.3. The highest BCUT2D eigenvalue weighted by atomic mass is 16.6. The van der Waals surface area contributed by atoms with Gasteiger partial charge < -0.3 is 9.84 Å². The second-order valence-electron chi connectivity index (χ2n) is 7.50. The Labute approximate surface area is 136 Å². The third-order valence-electron chi connectivity index (χ3n) is 5.43. The second-order valence-corrected chi connectivity index (χ2v) is 7.50. The topological polar surface area (TPSA) is 32.8 Å². The van der Waals surface area contributed by atoms with Gasteiger partial charge in [-0.15, -0.1) is 0 Å². The molecule has 2 heteroatoms. The Balaban J connectivity index is 2.13. The molecule has 0 aromatic carbocycles. The molecule has 4 unspecified atom stereocenters. The van der Waals surface area contributed by atoms with Crippen LogP contribution in [0.5, 0.6) is 0 Å². The van der Waals surface area contributed by atoms with Crippen molar-refractivity contribution >= 4 is 0 Å². The maximum absolute atomic E-state index is 10.6. The van der Waals surface area contributed by atoms with Crippen LogP contribution in [0.15, 0.2) is 35.5 Å². The first-order valence-corrected chi connectivity index (χ1v) is 8.65. The molecular weight excluding hydrogens is 272 g/mol. The summed E-state index contributed by atoms with van der Waals surface area (Å²) in [5, 5.41) is 10.6. The van der Waals surface area contributed by atoms with Crippen molar-refractivity contribution in [2.75, 3.05) is 0 Å². The fourth-order valence-electron chi connectivity index (χ4n) is 3.37. The summed E-state index contributed by atoms with van der Waals surface area (Å²) in [6.45, 7) is 12.7. The average molecular weight is 304 g/mol. The summed E-state index contributed by atoms with van der Waals surface area (Å²) < 4.78 is 5.87. The zero-order valence-corrected chi connectivity index (χ0v) is 14.7. The van der Waals surface area contributed by atoms with E-state index < -0.39 is 6.10 Å². The van der Waals surface area contributed by atoms with E-state index in [-0.39, 0.29) is 11.7 Å². The molecular formula is C20H32O2. The van der Waals surface area contributed by atoms with Crippen molar-refractivity contribution in [1.29, 1.82) is 0 Å². The molecule has 0 radical (unpaired) electrons. The van der Waals surface area contributed by atoms with Crippen LogP contribution in [-0.2, 0) is 4.74 Å². The van der Waals surface area contributed by atoms with Gasteiger partial charge in [0.1, 0.15) is 5.60 Å². The molecule has 0 spiro atoms. The predicted molar refractivity (Wildman–Crippen MR) is 92.8 cm³/mol. The molecule has 2 nitrogen and oxygen atoms in total. The lowest BCUT2D eigenvalue weighted by molar-refractivity contribution is 0.0672. The normalized spacial score (nSPS) is 42.1. The SMILES string of the molecule is C=C(C)C1C/C=C(\C)CC/C=C(\C)CCC2OC2(C)C(O)C1. The van der Waals surface area contributed by atoms with Crippen molar-refractivity contribution in [3.05, 3.63) is 35.5 Å². The molecule has 1 aliphatic heterocycles. The maximum Gasteiger partial charge on any atom is 0.118 e. The summed E-state index contributed by atoms with van der Waals surface area (Å²) in [6, 6.07) is 0. The number of epoxide rings is 1. The van der Waals surface area contributed by atoms with Crippen LogP contribution < -0.4 is 0 Å². The highest BCUT2D eigenvalue weighted by molar-refractivity contribution is 5.12. The van der Waals surface area contributed by atoms with Gasteiger partial charge in [-0.05, 0) is 72.1 Å². The summed E-state index contributed by atoms with van der Waals surface area (Å²) in [4.78, 5) is 0. The van der Waals surface area contributed by atoms with Crippen LogP contribution in [0, 0.1) is 5.92 Å². The van der Waals surface area contributed by atoms with Crippen molar-refractivity contribution in [2.45, 2.75) is 84.0 Å². The van der Waals surface area contributed by atoms with Gasteiger partial charge in [-0.3, -0.25) is 0 Å². The van der Waals surface area contributed by atoms with E-state index in [2.05, 4.69) is 46.4 Å². The quantitative estimate of drug-likeness (QED) is 0.549. The Morgan fingerprint density at radius 1 is 1.27 bits per heavy atom. The van der Waals surface area contributed by atoms with E-state index in [1.54, 1.807) is 0 Å². The fraction of sp³-hybridized carbons (Fsp3) is 0.700. The van der Waals surface area contributed by atoms with E-state index in [0.29, 0.717) is 5.92 Å². The lowest BCUT2D eigenvalue weighted by Crippen LogP contribution is -2.31. The molecule has 0 aromatic rings. The molecule has 1 fully saturated rings. The highest BCUT2D eigenvalue weighted by Gasteiger charge is 2.56. The summed E-state index contributed by atoms with van der Waals surface area (Å²) in [7, 11) is 0. The number of hydrogen-bond acceptors (Lipinski definition) is 2. The molecule has 4 atom stereocenters. The molecule has 0 amide bonds. The average Bonchev–Trinajstić information content (AvgIpc) is 3.12. The molecule has 1 saturated heterocycles. The van der Waals surface area contributed by atoms with E-state index >= 15 is 0 Å². The van der Waals surface area contributed by atoms with Crippen molar-refractivity contribution in [3.8, 4) is 0 Å². The molecule has 124 valence electrons. The van der Waals surface area contributed by atoms with Gasteiger partial charge in [0.25, 0.3) is 0 Å². The largest absolute Gasteiger partial charge is 0.390 e. The van der Waals surface area contributed by atoms with Crippen LogP contribution >= 0.6 is 0 Å². The van der Waals surface area contributed by atoms with Crippen LogP contribution in [0.4, 0.5) is 0 Å². The third kappa shape index (κ3) is 4.33. The van der Waals surface area contributed by atoms with Crippen LogP contribution in [0.2, 0.25) is 0 Å². The van der Waals surface area contributed by atoms with Gasteiger partial charge in [0, 0.05) is 0 Å². The van der Waals surface area contributed by atoms with Crippen LogP contribution in [0.3, 0.4) is 0 Å². The van der Waals surface area contributed by atoms with Gasteiger partial charge in [-0.25, -0.2) is 0 Å². The molecule has 2 aliphatic rings. The Morgan fingerprint density at radius 3 is 2.64 bits per heavy atom. The summed E-state index contributed by atoms with van der Waals surface area (Å²) >= 11 is 0. The first kappa shape index (κ1) is 17.5.